The Morgan fingerprint density at radius 1 is 1.24 bits per heavy atom. The van der Waals surface area contributed by atoms with Crippen LogP contribution in [0.15, 0.2) is 18.2 Å². The van der Waals surface area contributed by atoms with E-state index in [4.69, 9.17) is 9.84 Å². The van der Waals surface area contributed by atoms with E-state index in [1.165, 1.54) is 50.1 Å². The van der Waals surface area contributed by atoms with Crippen molar-refractivity contribution < 1.29 is 9.53 Å². The van der Waals surface area contributed by atoms with Crippen LogP contribution in [0.4, 0.5) is 0 Å². The summed E-state index contributed by atoms with van der Waals surface area (Å²) in [6.45, 7) is 2.16. The summed E-state index contributed by atoms with van der Waals surface area (Å²) < 4.78 is 7.17. The molecule has 29 heavy (non-hydrogen) atoms. The predicted molar refractivity (Wildman–Crippen MR) is 112 cm³/mol. The Labute approximate surface area is 173 Å². The van der Waals surface area contributed by atoms with Crippen LogP contribution < -0.4 is 0 Å². The molecule has 0 unspecified atom stereocenters. The lowest BCUT2D eigenvalue weighted by Gasteiger charge is -2.34. The zero-order chi connectivity index (χ0) is 20.4. The molecule has 2 aromatic rings. The summed E-state index contributed by atoms with van der Waals surface area (Å²) in [6, 6.07) is 9.59. The molecular weight excluding hydrogens is 362 g/mol. The number of hydrogen-bond acceptors (Lipinski definition) is 4. The van der Waals surface area contributed by atoms with Crippen molar-refractivity contribution in [3.63, 3.8) is 0 Å². The van der Waals surface area contributed by atoms with Crippen LogP contribution in [0.3, 0.4) is 0 Å². The van der Waals surface area contributed by atoms with Gasteiger partial charge in [0.2, 0.25) is 0 Å². The van der Waals surface area contributed by atoms with Crippen molar-refractivity contribution in [2.24, 2.45) is 5.92 Å². The number of ether oxygens (including phenoxy) is 1. The zero-order valence-corrected chi connectivity index (χ0v) is 17.6. The third kappa shape index (κ3) is 3.54. The van der Waals surface area contributed by atoms with Crippen LogP contribution in [0.1, 0.15) is 82.0 Å². The molecule has 0 radical (unpaired) electrons. The minimum absolute atomic E-state index is 0.0790. The Bertz CT molecular complexity index is 925. The summed E-state index contributed by atoms with van der Waals surface area (Å²) in [5.74, 6) is -0.223. The van der Waals surface area contributed by atoms with E-state index in [1.807, 2.05) is 0 Å². The lowest BCUT2D eigenvalue weighted by atomic mass is 9.67. The lowest BCUT2D eigenvalue weighted by molar-refractivity contribution is -0.146. The molecule has 2 aliphatic rings. The first-order chi connectivity index (χ1) is 14.1. The first-order valence-electron chi connectivity index (χ1n) is 11.1. The number of nitrogens with zero attached hydrogens (tertiary/aromatic N) is 3. The van der Waals surface area contributed by atoms with Gasteiger partial charge in [-0.15, -0.1) is 0 Å². The number of methoxy groups -OCH3 is 1. The maximum atomic E-state index is 11.9. The van der Waals surface area contributed by atoms with E-state index in [0.29, 0.717) is 31.7 Å². The van der Waals surface area contributed by atoms with Gasteiger partial charge in [0.15, 0.2) is 0 Å². The van der Waals surface area contributed by atoms with Gasteiger partial charge in [-0.1, -0.05) is 38.3 Å². The van der Waals surface area contributed by atoms with E-state index >= 15 is 0 Å². The van der Waals surface area contributed by atoms with Gasteiger partial charge in [0.05, 0.1) is 41.8 Å². The molecule has 1 aromatic heterocycles. The first kappa shape index (κ1) is 19.9. The van der Waals surface area contributed by atoms with Crippen molar-refractivity contribution in [1.29, 1.82) is 5.26 Å². The van der Waals surface area contributed by atoms with Gasteiger partial charge >= 0.3 is 5.97 Å². The molecule has 1 heterocycles. The van der Waals surface area contributed by atoms with E-state index in [-0.39, 0.29) is 11.9 Å². The summed E-state index contributed by atoms with van der Waals surface area (Å²) in [5.41, 5.74) is 2.89. The SMILES string of the molecule is CCc1nn(C2CCCCC2)c2cc(C3(C#N)CCC(C(=O)OC)CC3)ccc12. The van der Waals surface area contributed by atoms with E-state index < -0.39 is 5.41 Å². The maximum Gasteiger partial charge on any atom is 0.308 e. The Morgan fingerprint density at radius 3 is 2.59 bits per heavy atom. The molecule has 2 aliphatic carbocycles. The number of aromatic nitrogens is 2. The van der Waals surface area contributed by atoms with Crippen molar-refractivity contribution in [2.45, 2.75) is 82.6 Å². The lowest BCUT2D eigenvalue weighted by Crippen LogP contribution is -2.33. The molecular formula is C24H31N3O2. The highest BCUT2D eigenvalue weighted by Crippen LogP contribution is 2.43. The minimum atomic E-state index is -0.521. The molecule has 2 fully saturated rings. The van der Waals surface area contributed by atoms with Crippen molar-refractivity contribution in [2.75, 3.05) is 7.11 Å². The molecule has 0 amide bonds. The van der Waals surface area contributed by atoms with Crippen LogP contribution >= 0.6 is 0 Å². The minimum Gasteiger partial charge on any atom is -0.469 e. The van der Waals surface area contributed by atoms with Crippen LogP contribution in [0, 0.1) is 17.2 Å². The summed E-state index contributed by atoms with van der Waals surface area (Å²) >= 11 is 0. The van der Waals surface area contributed by atoms with Gasteiger partial charge in [-0.2, -0.15) is 10.4 Å². The van der Waals surface area contributed by atoms with Crippen LogP contribution in [0.25, 0.3) is 10.9 Å². The van der Waals surface area contributed by atoms with Crippen LogP contribution in [0.5, 0.6) is 0 Å². The van der Waals surface area contributed by atoms with E-state index in [2.05, 4.69) is 35.9 Å². The van der Waals surface area contributed by atoms with Crippen molar-refractivity contribution >= 4 is 16.9 Å². The molecule has 154 valence electrons. The highest BCUT2D eigenvalue weighted by molar-refractivity contribution is 5.83. The average molecular weight is 394 g/mol. The van der Waals surface area contributed by atoms with Gasteiger partial charge in [-0.05, 0) is 56.6 Å². The molecule has 0 atom stereocenters. The highest BCUT2D eigenvalue weighted by atomic mass is 16.5. The Balaban J connectivity index is 1.70. The van der Waals surface area contributed by atoms with Gasteiger partial charge in [-0.25, -0.2) is 0 Å². The number of aryl methyl sites for hydroxylation is 1. The molecule has 2 saturated carbocycles. The van der Waals surface area contributed by atoms with Gasteiger partial charge in [0.25, 0.3) is 0 Å². The number of benzene rings is 1. The quantitative estimate of drug-likeness (QED) is 0.667. The molecule has 5 nitrogen and oxygen atoms in total. The zero-order valence-electron chi connectivity index (χ0n) is 17.6. The molecule has 0 aliphatic heterocycles. The predicted octanol–water partition coefficient (Wildman–Crippen LogP) is 5.23. The number of nitriles is 1. The number of rotatable bonds is 4. The number of carbonyl (C=O) groups is 1. The fourth-order valence-electron chi connectivity index (χ4n) is 5.34. The molecule has 0 bridgehead atoms. The Morgan fingerprint density at radius 2 is 1.97 bits per heavy atom. The largest absolute Gasteiger partial charge is 0.469 e. The van der Waals surface area contributed by atoms with Gasteiger partial charge in [-0.3, -0.25) is 9.48 Å². The van der Waals surface area contributed by atoms with Crippen molar-refractivity contribution in [3.05, 3.63) is 29.5 Å². The van der Waals surface area contributed by atoms with Crippen LogP contribution in [0.2, 0.25) is 0 Å². The third-order valence-corrected chi connectivity index (χ3v) is 7.18. The number of fused-ring (bicyclic) bond motifs is 1. The first-order valence-corrected chi connectivity index (χ1v) is 11.1. The molecule has 0 N–H and O–H groups in total. The smallest absolute Gasteiger partial charge is 0.308 e. The number of hydrogen-bond donors (Lipinski definition) is 0. The fourth-order valence-corrected chi connectivity index (χ4v) is 5.34. The third-order valence-electron chi connectivity index (χ3n) is 7.18. The molecule has 0 spiro atoms. The highest BCUT2D eigenvalue weighted by Gasteiger charge is 2.40. The van der Waals surface area contributed by atoms with Crippen LogP contribution in [-0.4, -0.2) is 22.9 Å². The number of carbonyl (C=O) groups excluding carboxylic acids is 1. The number of esters is 1. The summed E-state index contributed by atoms with van der Waals surface area (Å²) in [6.07, 6.45) is 9.97. The molecule has 5 heteroatoms. The monoisotopic (exact) mass is 393 g/mol. The molecule has 1 aromatic carbocycles. The Hall–Kier alpha value is -2.35. The van der Waals surface area contributed by atoms with Gasteiger partial charge in [0.1, 0.15) is 0 Å². The second-order valence-corrected chi connectivity index (χ2v) is 8.76. The van der Waals surface area contributed by atoms with Gasteiger partial charge < -0.3 is 4.74 Å². The van der Waals surface area contributed by atoms with Crippen LogP contribution in [-0.2, 0) is 21.4 Å². The Kier molecular flexibility index (Phi) is 5.63. The second-order valence-electron chi connectivity index (χ2n) is 8.76. The second kappa shape index (κ2) is 8.18. The van der Waals surface area contributed by atoms with Gasteiger partial charge in [0, 0.05) is 5.39 Å². The standard InChI is InChI=1S/C24H31N3O2/c1-3-21-20-10-9-18(15-22(20)27(26-21)19-7-5-4-6-8-19)24(16-25)13-11-17(12-14-24)23(28)29-2/h9-10,15,17,19H,3-8,11-14H2,1-2H3. The van der Waals surface area contributed by atoms with E-state index in [1.54, 1.807) is 0 Å². The summed E-state index contributed by atoms with van der Waals surface area (Å²) in [5, 5.41) is 16.3. The van der Waals surface area contributed by atoms with Crippen molar-refractivity contribution in [3.8, 4) is 6.07 Å². The fraction of sp³-hybridized carbons (Fsp3) is 0.625. The van der Waals surface area contributed by atoms with E-state index in [9.17, 15) is 10.1 Å². The average Bonchev–Trinajstić information content (AvgIpc) is 3.17. The maximum absolute atomic E-state index is 11.9. The summed E-state index contributed by atoms with van der Waals surface area (Å²) in [4.78, 5) is 11.9. The molecule has 0 saturated heterocycles. The van der Waals surface area contributed by atoms with E-state index in [0.717, 1.165) is 17.7 Å². The summed E-state index contributed by atoms with van der Waals surface area (Å²) in [7, 11) is 1.44. The molecule has 4 rings (SSSR count). The normalized spacial score (nSPS) is 25.6. The van der Waals surface area contributed by atoms with Crippen molar-refractivity contribution in [1.82, 2.24) is 9.78 Å². The topological polar surface area (TPSA) is 67.9 Å².